The molecule has 0 aromatic heterocycles. The Balaban J connectivity index is 2.82. The van der Waals surface area contributed by atoms with Crippen LogP contribution in [0.4, 0.5) is 0 Å². The SMILES string of the molecule is CC(C)C1=N[C@@](C)(C(N)=S)CS1. The number of hydrogen-bond acceptors (Lipinski definition) is 3. The number of nitrogens with two attached hydrogens (primary N) is 1. The molecule has 12 heavy (non-hydrogen) atoms. The number of thioether (sulfide) groups is 1. The van der Waals surface area contributed by atoms with Crippen molar-refractivity contribution in [2.75, 3.05) is 5.75 Å². The van der Waals surface area contributed by atoms with Crippen LogP contribution in [0, 0.1) is 5.92 Å². The molecule has 0 saturated heterocycles. The van der Waals surface area contributed by atoms with Gasteiger partial charge in [0, 0.05) is 11.7 Å². The van der Waals surface area contributed by atoms with Crippen molar-refractivity contribution in [1.82, 2.24) is 0 Å². The molecule has 0 aromatic rings. The van der Waals surface area contributed by atoms with Crippen LogP contribution in [0.2, 0.25) is 0 Å². The first-order valence-electron chi connectivity index (χ1n) is 3.98. The van der Waals surface area contributed by atoms with E-state index in [1.165, 1.54) is 5.04 Å². The first kappa shape index (κ1) is 9.99. The smallest absolute Gasteiger partial charge is 0.118 e. The predicted molar refractivity (Wildman–Crippen MR) is 59.9 cm³/mol. The van der Waals surface area contributed by atoms with Gasteiger partial charge in [-0.05, 0) is 6.92 Å². The van der Waals surface area contributed by atoms with Gasteiger partial charge >= 0.3 is 0 Å². The van der Waals surface area contributed by atoms with Crippen LogP contribution in [0.3, 0.4) is 0 Å². The Morgan fingerprint density at radius 3 is 2.58 bits per heavy atom. The van der Waals surface area contributed by atoms with Crippen LogP contribution in [0.1, 0.15) is 20.8 Å². The summed E-state index contributed by atoms with van der Waals surface area (Å²) < 4.78 is 0. The lowest BCUT2D eigenvalue weighted by molar-refractivity contribution is 0.722. The highest BCUT2D eigenvalue weighted by atomic mass is 32.2. The molecule has 1 aliphatic heterocycles. The minimum absolute atomic E-state index is 0.292. The summed E-state index contributed by atoms with van der Waals surface area (Å²) >= 11 is 6.73. The first-order valence-corrected chi connectivity index (χ1v) is 5.37. The molecule has 0 radical (unpaired) electrons. The van der Waals surface area contributed by atoms with Crippen molar-refractivity contribution in [3.8, 4) is 0 Å². The molecule has 0 unspecified atom stereocenters. The summed E-state index contributed by atoms with van der Waals surface area (Å²) in [5.41, 5.74) is 5.31. The lowest BCUT2D eigenvalue weighted by atomic mass is 10.1. The van der Waals surface area contributed by atoms with Crippen LogP contribution in [0.15, 0.2) is 4.99 Å². The van der Waals surface area contributed by atoms with Crippen molar-refractivity contribution >= 4 is 34.0 Å². The molecule has 2 nitrogen and oxygen atoms in total. The number of hydrogen-bond donors (Lipinski definition) is 1. The monoisotopic (exact) mass is 202 g/mol. The minimum Gasteiger partial charge on any atom is -0.391 e. The van der Waals surface area contributed by atoms with E-state index in [4.69, 9.17) is 18.0 Å². The molecule has 4 heteroatoms. The molecule has 0 aromatic carbocycles. The maximum Gasteiger partial charge on any atom is 0.118 e. The van der Waals surface area contributed by atoms with Gasteiger partial charge in [0.25, 0.3) is 0 Å². The van der Waals surface area contributed by atoms with Gasteiger partial charge in [-0.3, -0.25) is 4.99 Å². The van der Waals surface area contributed by atoms with Gasteiger partial charge in [-0.25, -0.2) is 0 Å². The number of nitrogens with zero attached hydrogens (tertiary/aromatic N) is 1. The van der Waals surface area contributed by atoms with Gasteiger partial charge in [-0.2, -0.15) is 0 Å². The third kappa shape index (κ3) is 1.80. The second-order valence-corrected chi connectivity index (χ2v) is 4.97. The highest BCUT2D eigenvalue weighted by Crippen LogP contribution is 2.30. The van der Waals surface area contributed by atoms with Gasteiger partial charge < -0.3 is 5.73 Å². The van der Waals surface area contributed by atoms with Crippen molar-refractivity contribution in [2.24, 2.45) is 16.6 Å². The molecule has 2 N–H and O–H groups in total. The normalized spacial score (nSPS) is 29.2. The molecule has 0 spiro atoms. The fourth-order valence-electron chi connectivity index (χ4n) is 0.944. The quantitative estimate of drug-likeness (QED) is 0.694. The van der Waals surface area contributed by atoms with Crippen molar-refractivity contribution in [2.45, 2.75) is 26.3 Å². The van der Waals surface area contributed by atoms with Gasteiger partial charge in [-0.15, -0.1) is 11.8 Å². The topological polar surface area (TPSA) is 38.4 Å². The third-order valence-electron chi connectivity index (χ3n) is 1.88. The Morgan fingerprint density at radius 1 is 1.75 bits per heavy atom. The molecule has 0 fully saturated rings. The average Bonchev–Trinajstić information content (AvgIpc) is 2.33. The fourth-order valence-corrected chi connectivity index (χ4v) is 2.40. The Kier molecular flexibility index (Phi) is 2.78. The molecular formula is C8H14N2S2. The Labute approximate surface area is 83.0 Å². The number of rotatable bonds is 2. The fraction of sp³-hybridized carbons (Fsp3) is 0.750. The summed E-state index contributed by atoms with van der Waals surface area (Å²) in [7, 11) is 0. The van der Waals surface area contributed by atoms with Crippen LogP contribution >= 0.6 is 24.0 Å². The second kappa shape index (κ2) is 3.34. The average molecular weight is 202 g/mol. The van der Waals surface area contributed by atoms with Crippen LogP contribution in [-0.2, 0) is 0 Å². The van der Waals surface area contributed by atoms with E-state index in [9.17, 15) is 0 Å². The van der Waals surface area contributed by atoms with E-state index in [-0.39, 0.29) is 5.54 Å². The maximum absolute atomic E-state index is 5.61. The van der Waals surface area contributed by atoms with Gasteiger partial charge in [0.1, 0.15) is 10.5 Å². The van der Waals surface area contributed by atoms with Crippen molar-refractivity contribution in [1.29, 1.82) is 0 Å². The third-order valence-corrected chi connectivity index (χ3v) is 3.89. The summed E-state index contributed by atoms with van der Waals surface area (Å²) in [4.78, 5) is 5.04. The lowest BCUT2D eigenvalue weighted by Crippen LogP contribution is -2.38. The summed E-state index contributed by atoms with van der Waals surface area (Å²) in [6.45, 7) is 6.27. The zero-order valence-corrected chi connectivity index (χ0v) is 9.26. The van der Waals surface area contributed by atoms with E-state index >= 15 is 0 Å². The maximum atomic E-state index is 5.61. The molecule has 1 atom stereocenters. The van der Waals surface area contributed by atoms with Crippen LogP contribution in [-0.4, -0.2) is 21.3 Å². The highest BCUT2D eigenvalue weighted by Gasteiger charge is 2.34. The Morgan fingerprint density at radius 2 is 2.33 bits per heavy atom. The molecule has 0 bridgehead atoms. The highest BCUT2D eigenvalue weighted by molar-refractivity contribution is 8.14. The van der Waals surface area contributed by atoms with E-state index in [0.29, 0.717) is 10.9 Å². The van der Waals surface area contributed by atoms with Gasteiger partial charge in [0.15, 0.2) is 0 Å². The summed E-state index contributed by atoms with van der Waals surface area (Å²) in [6, 6.07) is 0. The Bertz CT molecular complexity index is 235. The van der Waals surface area contributed by atoms with Gasteiger partial charge in [0.05, 0.1) is 5.04 Å². The summed E-state index contributed by atoms with van der Waals surface area (Å²) in [6.07, 6.45) is 0. The summed E-state index contributed by atoms with van der Waals surface area (Å²) in [5, 5.41) is 1.17. The number of thiocarbonyl (C=S) groups is 1. The molecule has 1 rings (SSSR count). The van der Waals surface area contributed by atoms with Crippen LogP contribution in [0.5, 0.6) is 0 Å². The van der Waals surface area contributed by atoms with E-state index in [0.717, 1.165) is 5.75 Å². The molecular weight excluding hydrogens is 188 g/mol. The molecule has 1 heterocycles. The molecule has 68 valence electrons. The predicted octanol–water partition coefficient (Wildman–Crippen LogP) is 1.83. The molecule has 0 amide bonds. The zero-order valence-electron chi connectivity index (χ0n) is 7.63. The zero-order chi connectivity index (χ0) is 9.35. The Hall–Kier alpha value is -0.0900. The van der Waals surface area contributed by atoms with E-state index < -0.39 is 0 Å². The van der Waals surface area contributed by atoms with E-state index in [1.54, 1.807) is 11.8 Å². The van der Waals surface area contributed by atoms with Crippen molar-refractivity contribution in [3.63, 3.8) is 0 Å². The second-order valence-electron chi connectivity index (χ2n) is 3.53. The van der Waals surface area contributed by atoms with Crippen molar-refractivity contribution < 1.29 is 0 Å². The lowest BCUT2D eigenvalue weighted by Gasteiger charge is -2.16. The molecule has 0 saturated carbocycles. The standard InChI is InChI=1S/C8H14N2S2/c1-5(2)6-10-8(3,4-12-6)7(9)11/h5H,4H2,1-3H3,(H2,9,11)/t8-/m1/s1. The van der Waals surface area contributed by atoms with Gasteiger partial charge in [0.2, 0.25) is 0 Å². The van der Waals surface area contributed by atoms with Crippen LogP contribution in [0.25, 0.3) is 0 Å². The molecule has 1 aliphatic rings. The largest absolute Gasteiger partial charge is 0.391 e. The van der Waals surface area contributed by atoms with Crippen LogP contribution < -0.4 is 5.73 Å². The molecule has 0 aliphatic carbocycles. The van der Waals surface area contributed by atoms with Gasteiger partial charge in [-0.1, -0.05) is 26.1 Å². The number of aliphatic imine (C=N–C) groups is 1. The first-order chi connectivity index (χ1) is 5.46. The van der Waals surface area contributed by atoms with Crippen molar-refractivity contribution in [3.05, 3.63) is 0 Å². The van der Waals surface area contributed by atoms with E-state index in [1.807, 2.05) is 6.92 Å². The van der Waals surface area contributed by atoms with E-state index in [2.05, 4.69) is 18.8 Å². The minimum atomic E-state index is -0.292. The summed E-state index contributed by atoms with van der Waals surface area (Å²) in [5.74, 6) is 1.39.